The van der Waals surface area contributed by atoms with Gasteiger partial charge in [0, 0.05) is 31.2 Å². The van der Waals surface area contributed by atoms with Crippen LogP contribution in [-0.2, 0) is 6.42 Å². The molecule has 0 aliphatic heterocycles. The number of carbonyl (C=O) groups excluding carboxylic acids is 1. The second-order valence-corrected chi connectivity index (χ2v) is 6.11. The van der Waals surface area contributed by atoms with Crippen molar-refractivity contribution in [2.75, 3.05) is 13.2 Å². The number of nitrogens with one attached hydrogen (secondary N) is 2. The summed E-state index contributed by atoms with van der Waals surface area (Å²) in [6.45, 7) is 6.29. The van der Waals surface area contributed by atoms with Gasteiger partial charge in [-0.15, -0.1) is 0 Å². The molecular formula is C18H25N3O3. The Morgan fingerprint density at radius 2 is 2.00 bits per heavy atom. The van der Waals surface area contributed by atoms with Crippen LogP contribution in [-0.4, -0.2) is 35.3 Å². The van der Waals surface area contributed by atoms with E-state index in [2.05, 4.69) is 15.6 Å². The van der Waals surface area contributed by atoms with Crippen molar-refractivity contribution in [3.05, 3.63) is 41.8 Å². The molecule has 6 nitrogen and oxygen atoms in total. The highest BCUT2D eigenvalue weighted by Gasteiger charge is 2.13. The van der Waals surface area contributed by atoms with Gasteiger partial charge >= 0.3 is 6.03 Å². The molecule has 1 aromatic heterocycles. The molecule has 2 aromatic rings. The summed E-state index contributed by atoms with van der Waals surface area (Å²) >= 11 is 0. The van der Waals surface area contributed by atoms with E-state index in [1.165, 1.54) is 5.56 Å². The molecule has 2 amide bonds. The molecule has 0 saturated heterocycles. The van der Waals surface area contributed by atoms with Crippen LogP contribution in [0.3, 0.4) is 0 Å². The van der Waals surface area contributed by atoms with Gasteiger partial charge in [-0.3, -0.25) is 0 Å². The minimum atomic E-state index is -0.245. The van der Waals surface area contributed by atoms with Crippen molar-refractivity contribution in [3.63, 3.8) is 0 Å². The molecule has 1 heterocycles. The highest BCUT2D eigenvalue weighted by molar-refractivity contribution is 5.74. The van der Waals surface area contributed by atoms with E-state index in [1.54, 1.807) is 6.26 Å². The number of hydrogen-bond acceptors (Lipinski definition) is 4. The number of urea groups is 1. The molecule has 6 heteroatoms. The van der Waals surface area contributed by atoms with Gasteiger partial charge in [0.25, 0.3) is 0 Å². The van der Waals surface area contributed by atoms with Crippen molar-refractivity contribution in [2.24, 2.45) is 5.92 Å². The Kier molecular flexibility index (Phi) is 6.37. The predicted molar refractivity (Wildman–Crippen MR) is 92.6 cm³/mol. The van der Waals surface area contributed by atoms with Gasteiger partial charge in [-0.05, 0) is 31.9 Å². The van der Waals surface area contributed by atoms with Crippen LogP contribution in [0, 0.1) is 12.8 Å². The Morgan fingerprint density at radius 3 is 2.67 bits per heavy atom. The second kappa shape index (κ2) is 8.49. The molecule has 0 saturated carbocycles. The third kappa shape index (κ3) is 5.09. The first-order valence-corrected chi connectivity index (χ1v) is 8.16. The van der Waals surface area contributed by atoms with Gasteiger partial charge < -0.3 is 20.2 Å². The number of aromatic nitrogens is 1. The molecule has 3 N–H and O–H groups in total. The number of hydrogen-bond donors (Lipinski definition) is 3. The van der Waals surface area contributed by atoms with E-state index in [1.807, 2.05) is 45.0 Å². The van der Waals surface area contributed by atoms with Crippen molar-refractivity contribution in [1.82, 2.24) is 15.6 Å². The minimum Gasteiger partial charge on any atom is -0.444 e. The normalized spacial score (nSPS) is 13.3. The molecule has 130 valence electrons. The summed E-state index contributed by atoms with van der Waals surface area (Å²) in [6, 6.07) is 7.64. The molecule has 0 aliphatic rings. The SMILES string of the molecule is Cc1ccc(-c2nc(CCNC(=O)NC(C)C(C)CO)co2)cc1. The lowest BCUT2D eigenvalue weighted by Crippen LogP contribution is -2.44. The topological polar surface area (TPSA) is 87.4 Å². The van der Waals surface area contributed by atoms with Crippen LogP contribution in [0.15, 0.2) is 34.9 Å². The minimum absolute atomic E-state index is 0.0170. The van der Waals surface area contributed by atoms with Crippen LogP contribution in [0.5, 0.6) is 0 Å². The lowest BCUT2D eigenvalue weighted by atomic mass is 10.1. The first-order valence-electron chi connectivity index (χ1n) is 8.16. The van der Waals surface area contributed by atoms with E-state index in [0.717, 1.165) is 11.3 Å². The van der Waals surface area contributed by atoms with Gasteiger partial charge in [0.15, 0.2) is 0 Å². The van der Waals surface area contributed by atoms with Crippen molar-refractivity contribution >= 4 is 6.03 Å². The maximum atomic E-state index is 11.8. The lowest BCUT2D eigenvalue weighted by Gasteiger charge is -2.19. The van der Waals surface area contributed by atoms with Crippen LogP contribution in [0.4, 0.5) is 4.79 Å². The Balaban J connectivity index is 1.79. The summed E-state index contributed by atoms with van der Waals surface area (Å²) in [5.74, 6) is 0.600. The van der Waals surface area contributed by atoms with E-state index < -0.39 is 0 Å². The smallest absolute Gasteiger partial charge is 0.315 e. The van der Waals surface area contributed by atoms with E-state index in [9.17, 15) is 4.79 Å². The van der Waals surface area contributed by atoms with Crippen molar-refractivity contribution in [1.29, 1.82) is 0 Å². The molecule has 2 atom stereocenters. The third-order valence-corrected chi connectivity index (χ3v) is 4.02. The molecule has 24 heavy (non-hydrogen) atoms. The highest BCUT2D eigenvalue weighted by atomic mass is 16.3. The van der Waals surface area contributed by atoms with Crippen LogP contribution in [0.1, 0.15) is 25.1 Å². The van der Waals surface area contributed by atoms with E-state index >= 15 is 0 Å². The fourth-order valence-electron chi connectivity index (χ4n) is 2.11. The van der Waals surface area contributed by atoms with E-state index in [0.29, 0.717) is 18.9 Å². The van der Waals surface area contributed by atoms with Gasteiger partial charge in [0.05, 0.1) is 5.69 Å². The van der Waals surface area contributed by atoms with Gasteiger partial charge in [0.1, 0.15) is 6.26 Å². The van der Waals surface area contributed by atoms with Crippen molar-refractivity contribution in [2.45, 2.75) is 33.2 Å². The second-order valence-electron chi connectivity index (χ2n) is 6.11. The summed E-state index contributed by atoms with van der Waals surface area (Å²) in [6.07, 6.45) is 2.21. The number of carbonyl (C=O) groups is 1. The lowest BCUT2D eigenvalue weighted by molar-refractivity contribution is 0.200. The highest BCUT2D eigenvalue weighted by Crippen LogP contribution is 2.19. The first kappa shape index (κ1) is 18.0. The summed E-state index contributed by atoms with van der Waals surface area (Å²) in [5, 5.41) is 14.6. The van der Waals surface area contributed by atoms with Crippen molar-refractivity contribution in [3.8, 4) is 11.5 Å². The monoisotopic (exact) mass is 331 g/mol. The molecule has 0 aliphatic carbocycles. The quantitative estimate of drug-likeness (QED) is 0.727. The zero-order valence-corrected chi connectivity index (χ0v) is 14.4. The molecule has 2 rings (SSSR count). The molecular weight excluding hydrogens is 306 g/mol. The van der Waals surface area contributed by atoms with E-state index in [-0.39, 0.29) is 24.6 Å². The number of rotatable bonds is 7. The molecule has 0 spiro atoms. The number of aliphatic hydroxyl groups is 1. The maximum absolute atomic E-state index is 11.8. The fourth-order valence-corrected chi connectivity index (χ4v) is 2.11. The predicted octanol–water partition coefficient (Wildman–Crippen LogP) is 2.51. The van der Waals surface area contributed by atoms with Gasteiger partial charge in [-0.2, -0.15) is 0 Å². The zero-order chi connectivity index (χ0) is 17.5. The Morgan fingerprint density at radius 1 is 1.29 bits per heavy atom. The van der Waals surface area contributed by atoms with Crippen molar-refractivity contribution < 1.29 is 14.3 Å². The van der Waals surface area contributed by atoms with Crippen LogP contribution in [0.25, 0.3) is 11.5 Å². The first-order chi connectivity index (χ1) is 11.5. The summed E-state index contributed by atoms with van der Waals surface area (Å²) in [7, 11) is 0. The molecule has 1 aromatic carbocycles. The largest absolute Gasteiger partial charge is 0.444 e. The van der Waals surface area contributed by atoms with Crippen LogP contribution in [0.2, 0.25) is 0 Å². The summed E-state index contributed by atoms with van der Waals surface area (Å²) in [5.41, 5.74) is 2.91. The zero-order valence-electron chi connectivity index (χ0n) is 14.4. The number of aliphatic hydroxyl groups excluding tert-OH is 1. The van der Waals surface area contributed by atoms with Gasteiger partial charge in [-0.1, -0.05) is 24.6 Å². The van der Waals surface area contributed by atoms with Crippen LogP contribution < -0.4 is 10.6 Å². The summed E-state index contributed by atoms with van der Waals surface area (Å²) in [4.78, 5) is 16.2. The van der Waals surface area contributed by atoms with E-state index in [4.69, 9.17) is 9.52 Å². The molecule has 0 bridgehead atoms. The Labute approximate surface area is 142 Å². The number of oxazole rings is 1. The third-order valence-electron chi connectivity index (χ3n) is 4.02. The molecule has 2 unspecified atom stereocenters. The Hall–Kier alpha value is -2.34. The maximum Gasteiger partial charge on any atom is 0.315 e. The number of nitrogens with zero attached hydrogens (tertiary/aromatic N) is 1. The number of benzene rings is 1. The molecule has 0 fully saturated rings. The fraction of sp³-hybridized carbons (Fsp3) is 0.444. The molecule has 0 radical (unpaired) electrons. The van der Waals surface area contributed by atoms with Gasteiger partial charge in [-0.25, -0.2) is 9.78 Å². The van der Waals surface area contributed by atoms with Crippen LogP contribution >= 0.6 is 0 Å². The standard InChI is InChI=1S/C18H25N3O3/c1-12-4-6-15(7-5-12)17-21-16(11-24-17)8-9-19-18(23)20-14(3)13(2)10-22/h4-7,11,13-14,22H,8-10H2,1-3H3,(H2,19,20,23). The average Bonchev–Trinajstić information content (AvgIpc) is 3.03. The van der Waals surface area contributed by atoms with Gasteiger partial charge in [0.2, 0.25) is 5.89 Å². The summed E-state index contributed by atoms with van der Waals surface area (Å²) < 4.78 is 5.49. The Bertz CT molecular complexity index is 652. The number of amides is 2. The number of aryl methyl sites for hydroxylation is 1. The average molecular weight is 331 g/mol.